The van der Waals surface area contributed by atoms with E-state index in [1.807, 2.05) is 44.3 Å². The number of carbonyl (C=O) groups excluding carboxylic acids is 3. The smallest absolute Gasteiger partial charge is 0.305 e. The lowest BCUT2D eigenvalue weighted by atomic mass is 9.82. The fourth-order valence-electron chi connectivity index (χ4n) is 6.74. The van der Waals surface area contributed by atoms with Gasteiger partial charge in [-0.2, -0.15) is 0 Å². The molecular weight excluding hydrogens is 492 g/mol. The molecule has 4 rings (SSSR count). The highest BCUT2D eigenvalue weighted by atomic mass is 28.4. The normalized spacial score (nSPS) is 29.3. The van der Waals surface area contributed by atoms with Crippen LogP contribution in [0.2, 0.25) is 18.6 Å². The molecule has 3 aliphatic rings. The first-order chi connectivity index (χ1) is 17.6. The number of amides is 2. The Hall–Kier alpha value is -2.27. The van der Waals surface area contributed by atoms with Gasteiger partial charge in [-0.1, -0.05) is 25.1 Å². The predicted molar refractivity (Wildman–Crippen MR) is 140 cm³/mol. The van der Waals surface area contributed by atoms with Crippen molar-refractivity contribution in [1.82, 2.24) is 4.90 Å². The third-order valence-corrected chi connectivity index (χ3v) is 10.9. The van der Waals surface area contributed by atoms with E-state index >= 15 is 0 Å². The number of carbonyl (C=O) groups is 3. The average molecular weight is 533 g/mol. The molecule has 3 aliphatic heterocycles. The number of unbranched alkanes of at least 4 members (excludes halogenated alkanes) is 1. The molecular formula is C27H40N2O7Si. The molecule has 3 heterocycles. The summed E-state index contributed by atoms with van der Waals surface area (Å²) in [6, 6.07) is 7.40. The number of nitrogens with zero attached hydrogens (tertiary/aromatic N) is 2. The van der Waals surface area contributed by atoms with E-state index in [4.69, 9.17) is 9.47 Å². The molecule has 2 fully saturated rings. The number of esters is 1. The van der Waals surface area contributed by atoms with Crippen molar-refractivity contribution in [1.29, 1.82) is 0 Å². The number of methoxy groups -OCH3 is 1. The maximum atomic E-state index is 14.2. The molecule has 2 N–H and O–H groups in total. The van der Waals surface area contributed by atoms with Crippen LogP contribution in [0, 0.1) is 5.92 Å². The molecule has 1 spiro atoms. The van der Waals surface area contributed by atoms with Crippen LogP contribution in [0.1, 0.15) is 51.0 Å². The number of anilines is 1. The molecule has 10 heteroatoms. The maximum Gasteiger partial charge on any atom is 0.305 e. The molecule has 5 atom stereocenters. The molecule has 0 radical (unpaired) electrons. The summed E-state index contributed by atoms with van der Waals surface area (Å²) in [4.78, 5) is 53.8. The van der Waals surface area contributed by atoms with Crippen LogP contribution in [0.15, 0.2) is 24.3 Å². The quantitative estimate of drug-likeness (QED) is 0.285. The Morgan fingerprint density at radius 3 is 2.65 bits per heavy atom. The van der Waals surface area contributed by atoms with E-state index in [2.05, 4.69) is 0 Å². The summed E-state index contributed by atoms with van der Waals surface area (Å²) in [5, 5.41) is 9.71. The standard InChI is InChI=1S/C27H40N2O7Si/c1-18-25(37(3,4)34)22(16-23(31)28-15-9-10-19(28)17-30)36-27(18)20-11-5-6-12-21(20)29(26(27)33)14-8-7-13-24(32)35-2/h5-6,11-12,18-19,22,25,30,34H,7-10,13-17H2,1-4H3/t18-,19+,22+,25-,27+/m1/s1. The van der Waals surface area contributed by atoms with Gasteiger partial charge in [0.15, 0.2) is 13.9 Å². The van der Waals surface area contributed by atoms with Gasteiger partial charge in [0.1, 0.15) is 0 Å². The summed E-state index contributed by atoms with van der Waals surface area (Å²) >= 11 is 0. The first-order valence-electron chi connectivity index (χ1n) is 13.3. The lowest BCUT2D eigenvalue weighted by molar-refractivity contribution is -0.150. The lowest BCUT2D eigenvalue weighted by Crippen LogP contribution is -2.46. The molecule has 37 heavy (non-hydrogen) atoms. The molecule has 0 unspecified atom stereocenters. The lowest BCUT2D eigenvalue weighted by Gasteiger charge is -2.32. The third kappa shape index (κ3) is 4.96. The van der Waals surface area contributed by atoms with Crippen molar-refractivity contribution < 1.29 is 33.8 Å². The first kappa shape index (κ1) is 27.8. The minimum atomic E-state index is -2.86. The van der Waals surface area contributed by atoms with Crippen molar-refractivity contribution >= 4 is 31.8 Å². The molecule has 2 amide bonds. The summed E-state index contributed by atoms with van der Waals surface area (Å²) in [5.74, 6) is -0.887. The molecule has 0 aromatic heterocycles. The van der Waals surface area contributed by atoms with Crippen LogP contribution in [-0.2, 0) is 29.5 Å². The van der Waals surface area contributed by atoms with Gasteiger partial charge in [0.25, 0.3) is 5.91 Å². The van der Waals surface area contributed by atoms with Gasteiger partial charge in [-0.05, 0) is 44.8 Å². The third-order valence-electron chi connectivity index (χ3n) is 8.42. The molecule has 1 aromatic carbocycles. The number of rotatable bonds is 9. The number of hydrogen-bond donors (Lipinski definition) is 2. The molecule has 0 bridgehead atoms. The molecule has 204 valence electrons. The van der Waals surface area contributed by atoms with Crippen molar-refractivity contribution in [3.05, 3.63) is 29.8 Å². The highest BCUT2D eigenvalue weighted by Crippen LogP contribution is 2.59. The van der Waals surface area contributed by atoms with Crippen LogP contribution in [0.4, 0.5) is 5.69 Å². The zero-order valence-corrected chi connectivity index (χ0v) is 23.3. The number of para-hydroxylation sites is 1. The van der Waals surface area contributed by atoms with E-state index in [1.165, 1.54) is 7.11 Å². The Balaban J connectivity index is 1.62. The summed E-state index contributed by atoms with van der Waals surface area (Å²) in [7, 11) is -1.50. The molecule has 0 saturated carbocycles. The van der Waals surface area contributed by atoms with Crippen LogP contribution in [0.3, 0.4) is 0 Å². The number of benzene rings is 1. The van der Waals surface area contributed by atoms with Crippen molar-refractivity contribution in [2.75, 3.05) is 31.7 Å². The Kier molecular flexibility index (Phi) is 8.13. The monoisotopic (exact) mass is 532 g/mol. The van der Waals surface area contributed by atoms with Gasteiger partial charge in [0.05, 0.1) is 38.0 Å². The number of likely N-dealkylation sites (tertiary alicyclic amines) is 1. The highest BCUT2D eigenvalue weighted by Gasteiger charge is 2.66. The van der Waals surface area contributed by atoms with Crippen molar-refractivity contribution in [2.24, 2.45) is 5.92 Å². The van der Waals surface area contributed by atoms with E-state index in [0.717, 1.165) is 24.1 Å². The summed E-state index contributed by atoms with van der Waals surface area (Å²) in [6.45, 7) is 6.61. The van der Waals surface area contributed by atoms with E-state index in [9.17, 15) is 24.3 Å². The zero-order valence-electron chi connectivity index (χ0n) is 22.3. The molecule has 2 saturated heterocycles. The summed E-state index contributed by atoms with van der Waals surface area (Å²) in [5.41, 5.74) is -0.0559. The van der Waals surface area contributed by atoms with Crippen LogP contribution >= 0.6 is 0 Å². The van der Waals surface area contributed by atoms with Crippen LogP contribution in [-0.4, -0.2) is 79.9 Å². The largest absolute Gasteiger partial charge is 0.469 e. The second-order valence-electron chi connectivity index (χ2n) is 11.1. The molecule has 0 aliphatic carbocycles. The minimum absolute atomic E-state index is 0.0683. The molecule has 9 nitrogen and oxygen atoms in total. The van der Waals surface area contributed by atoms with Crippen LogP contribution in [0.5, 0.6) is 0 Å². The van der Waals surface area contributed by atoms with E-state index in [1.54, 1.807) is 9.80 Å². The number of fused-ring (bicyclic) bond motifs is 2. The number of hydrogen-bond acceptors (Lipinski definition) is 7. The first-order valence-corrected chi connectivity index (χ1v) is 16.4. The number of ether oxygens (including phenoxy) is 2. The summed E-state index contributed by atoms with van der Waals surface area (Å²) < 4.78 is 11.4. The Morgan fingerprint density at radius 2 is 1.97 bits per heavy atom. The highest BCUT2D eigenvalue weighted by molar-refractivity contribution is 6.71. The van der Waals surface area contributed by atoms with E-state index in [-0.39, 0.29) is 48.3 Å². The Labute approximate surface area is 219 Å². The van der Waals surface area contributed by atoms with E-state index in [0.29, 0.717) is 32.4 Å². The second-order valence-corrected chi connectivity index (χ2v) is 15.1. The number of aliphatic hydroxyl groups excluding tert-OH is 1. The van der Waals surface area contributed by atoms with Crippen molar-refractivity contribution in [3.8, 4) is 0 Å². The fourth-order valence-corrected chi connectivity index (χ4v) is 9.29. The van der Waals surface area contributed by atoms with Crippen molar-refractivity contribution in [3.63, 3.8) is 0 Å². The number of aliphatic hydroxyl groups is 1. The van der Waals surface area contributed by atoms with Gasteiger partial charge < -0.3 is 29.2 Å². The van der Waals surface area contributed by atoms with Crippen molar-refractivity contribution in [2.45, 2.75) is 81.8 Å². The fraction of sp³-hybridized carbons (Fsp3) is 0.667. The van der Waals surface area contributed by atoms with E-state index < -0.39 is 20.0 Å². The van der Waals surface area contributed by atoms with Crippen LogP contribution < -0.4 is 4.90 Å². The predicted octanol–water partition coefficient (Wildman–Crippen LogP) is 2.55. The maximum absolute atomic E-state index is 14.2. The van der Waals surface area contributed by atoms with Gasteiger partial charge in [-0.3, -0.25) is 14.4 Å². The zero-order chi connectivity index (χ0) is 27.0. The minimum Gasteiger partial charge on any atom is -0.469 e. The van der Waals surface area contributed by atoms with Gasteiger partial charge in [0.2, 0.25) is 5.91 Å². The average Bonchev–Trinajstić information content (AvgIpc) is 3.51. The van der Waals surface area contributed by atoms with Gasteiger partial charge >= 0.3 is 5.97 Å². The summed E-state index contributed by atoms with van der Waals surface area (Å²) in [6.07, 6.45) is 2.60. The Bertz CT molecular complexity index is 1030. The van der Waals surface area contributed by atoms with Gasteiger partial charge in [-0.15, -0.1) is 0 Å². The topological polar surface area (TPSA) is 117 Å². The van der Waals surface area contributed by atoms with Gasteiger partial charge in [0, 0.05) is 36.5 Å². The molecule has 1 aromatic rings. The SMILES string of the molecule is COC(=O)CCCCN1C(=O)[C@@]2(O[C@@H](CC(=O)N3CCC[C@H]3CO)[C@H]([Si](C)(C)O)[C@H]2C)c2ccccc21. The van der Waals surface area contributed by atoms with Crippen LogP contribution in [0.25, 0.3) is 0 Å². The van der Waals surface area contributed by atoms with Gasteiger partial charge in [-0.25, -0.2) is 0 Å². The Morgan fingerprint density at radius 1 is 1.24 bits per heavy atom. The second kappa shape index (κ2) is 10.8.